The number of hydrogen-bond acceptors (Lipinski definition) is 5. The van der Waals surface area contributed by atoms with E-state index < -0.39 is 4.92 Å². The number of amides is 2. The van der Waals surface area contributed by atoms with Gasteiger partial charge in [-0.1, -0.05) is 72.8 Å². The molecule has 0 aliphatic carbocycles. The van der Waals surface area contributed by atoms with E-state index in [-0.39, 0.29) is 42.7 Å². The molecule has 0 saturated carbocycles. The predicted molar refractivity (Wildman–Crippen MR) is 148 cm³/mol. The standard InChI is InChI=1S/C31H35N3O5/c35-31-32-27(18-17-23-10-3-1-4-11-23)30(39-29-16-7-8-19-38-29)28(21-24-12-5-2-6-13-24)33(31)22-25-14-9-15-26(20-25)34(36)37/h1-6,9-15,20,27-30H,7-8,16-19,21-22H2,(H,32,35)/t27-,28-,29?,30-/m1/s1. The van der Waals surface area contributed by atoms with E-state index in [1.54, 1.807) is 11.0 Å². The maximum atomic E-state index is 13.7. The van der Waals surface area contributed by atoms with Gasteiger partial charge >= 0.3 is 6.03 Å². The fourth-order valence-electron chi connectivity index (χ4n) is 5.54. The first-order valence-electron chi connectivity index (χ1n) is 13.7. The van der Waals surface area contributed by atoms with E-state index in [1.165, 1.54) is 17.7 Å². The lowest BCUT2D eigenvalue weighted by molar-refractivity contribution is -0.384. The number of urea groups is 1. The molecule has 2 aliphatic heterocycles. The van der Waals surface area contributed by atoms with Crippen molar-refractivity contribution in [3.8, 4) is 0 Å². The van der Waals surface area contributed by atoms with E-state index in [0.29, 0.717) is 18.6 Å². The van der Waals surface area contributed by atoms with Crippen LogP contribution in [0.1, 0.15) is 42.4 Å². The monoisotopic (exact) mass is 529 g/mol. The predicted octanol–water partition coefficient (Wildman–Crippen LogP) is 5.64. The molecule has 8 heteroatoms. The van der Waals surface area contributed by atoms with Crippen molar-refractivity contribution in [3.05, 3.63) is 112 Å². The third-order valence-electron chi connectivity index (χ3n) is 7.54. The lowest BCUT2D eigenvalue weighted by atomic mass is 9.89. The highest BCUT2D eigenvalue weighted by atomic mass is 16.7. The number of non-ortho nitro benzene ring substituents is 1. The summed E-state index contributed by atoms with van der Waals surface area (Å²) in [6.45, 7) is 0.904. The van der Waals surface area contributed by atoms with Crippen LogP contribution >= 0.6 is 0 Å². The smallest absolute Gasteiger partial charge is 0.318 e. The van der Waals surface area contributed by atoms with Gasteiger partial charge in [0.2, 0.25) is 0 Å². The van der Waals surface area contributed by atoms with Gasteiger partial charge in [0.05, 0.1) is 17.0 Å². The number of benzene rings is 3. The van der Waals surface area contributed by atoms with Crippen molar-refractivity contribution in [1.29, 1.82) is 0 Å². The normalized spacial score (nSPS) is 23.3. The average molecular weight is 530 g/mol. The van der Waals surface area contributed by atoms with Gasteiger partial charge in [-0.15, -0.1) is 0 Å². The Labute approximate surface area is 229 Å². The highest BCUT2D eigenvalue weighted by molar-refractivity contribution is 5.76. The summed E-state index contributed by atoms with van der Waals surface area (Å²) in [7, 11) is 0. The average Bonchev–Trinajstić information content (AvgIpc) is 2.97. The first-order chi connectivity index (χ1) is 19.1. The second kappa shape index (κ2) is 12.9. The lowest BCUT2D eigenvalue weighted by Crippen LogP contribution is -2.66. The van der Waals surface area contributed by atoms with Crippen molar-refractivity contribution in [1.82, 2.24) is 10.2 Å². The molecule has 39 heavy (non-hydrogen) atoms. The summed E-state index contributed by atoms with van der Waals surface area (Å²) < 4.78 is 12.7. The molecule has 2 heterocycles. The molecule has 204 valence electrons. The summed E-state index contributed by atoms with van der Waals surface area (Å²) >= 11 is 0. The highest BCUT2D eigenvalue weighted by Crippen LogP contribution is 2.29. The van der Waals surface area contributed by atoms with Crippen LogP contribution in [0.5, 0.6) is 0 Å². The third-order valence-corrected chi connectivity index (χ3v) is 7.54. The Kier molecular flexibility index (Phi) is 8.85. The van der Waals surface area contributed by atoms with Crippen molar-refractivity contribution in [2.45, 2.75) is 69.5 Å². The van der Waals surface area contributed by atoms with Crippen LogP contribution in [0, 0.1) is 10.1 Å². The molecule has 2 fully saturated rings. The van der Waals surface area contributed by atoms with E-state index >= 15 is 0 Å². The van der Waals surface area contributed by atoms with E-state index in [9.17, 15) is 14.9 Å². The van der Waals surface area contributed by atoms with Crippen LogP contribution in [0.15, 0.2) is 84.9 Å². The molecular formula is C31H35N3O5. The summed E-state index contributed by atoms with van der Waals surface area (Å²) in [5.74, 6) is 0. The molecule has 0 radical (unpaired) electrons. The second-order valence-corrected chi connectivity index (χ2v) is 10.3. The van der Waals surface area contributed by atoms with Crippen molar-refractivity contribution in [2.75, 3.05) is 6.61 Å². The van der Waals surface area contributed by atoms with Gasteiger partial charge in [0, 0.05) is 25.3 Å². The van der Waals surface area contributed by atoms with Crippen molar-refractivity contribution >= 4 is 11.7 Å². The number of carbonyl (C=O) groups is 1. The van der Waals surface area contributed by atoms with Crippen molar-refractivity contribution in [3.63, 3.8) is 0 Å². The molecule has 1 unspecified atom stereocenters. The van der Waals surface area contributed by atoms with Crippen LogP contribution in [0.25, 0.3) is 0 Å². The fourth-order valence-corrected chi connectivity index (χ4v) is 5.54. The van der Waals surface area contributed by atoms with Crippen LogP contribution < -0.4 is 5.32 Å². The van der Waals surface area contributed by atoms with Gasteiger partial charge in [0.15, 0.2) is 6.29 Å². The molecule has 0 spiro atoms. The molecular weight excluding hydrogens is 494 g/mol. The minimum absolute atomic E-state index is 0.00803. The van der Waals surface area contributed by atoms with E-state index in [2.05, 4.69) is 29.6 Å². The van der Waals surface area contributed by atoms with Crippen LogP contribution in [-0.4, -0.2) is 46.9 Å². The topological polar surface area (TPSA) is 93.9 Å². The van der Waals surface area contributed by atoms with Crippen molar-refractivity contribution < 1.29 is 19.2 Å². The Balaban J connectivity index is 1.46. The Morgan fingerprint density at radius 1 is 0.949 bits per heavy atom. The van der Waals surface area contributed by atoms with Crippen LogP contribution in [-0.2, 0) is 28.9 Å². The largest absolute Gasteiger partial charge is 0.353 e. The Bertz CT molecular complexity index is 1230. The molecule has 0 bridgehead atoms. The van der Waals surface area contributed by atoms with Crippen LogP contribution in [0.2, 0.25) is 0 Å². The molecule has 1 N–H and O–H groups in total. The Hall–Kier alpha value is -3.75. The Morgan fingerprint density at radius 2 is 1.67 bits per heavy atom. The SMILES string of the molecule is O=C1N[C@H](CCc2ccccc2)[C@@H](OC2CCCCO2)[C@@H](Cc2ccccc2)N1Cc1cccc([N+](=O)[O-])c1. The third kappa shape index (κ3) is 7.02. The first-order valence-corrected chi connectivity index (χ1v) is 13.7. The quantitative estimate of drug-likeness (QED) is 0.271. The number of ether oxygens (including phenoxy) is 2. The molecule has 4 atom stereocenters. The fraction of sp³-hybridized carbons (Fsp3) is 0.387. The van der Waals surface area contributed by atoms with Gasteiger partial charge in [-0.2, -0.15) is 0 Å². The zero-order valence-electron chi connectivity index (χ0n) is 22.0. The maximum Gasteiger partial charge on any atom is 0.318 e. The minimum Gasteiger partial charge on any atom is -0.353 e. The highest BCUT2D eigenvalue weighted by Gasteiger charge is 2.44. The maximum absolute atomic E-state index is 13.7. The summed E-state index contributed by atoms with van der Waals surface area (Å²) in [6, 6.07) is 26.1. The van der Waals surface area contributed by atoms with Crippen LogP contribution in [0.4, 0.5) is 10.5 Å². The number of carbonyl (C=O) groups excluding carboxylic acids is 1. The number of rotatable bonds is 10. The summed E-state index contributed by atoms with van der Waals surface area (Å²) in [5.41, 5.74) is 3.01. The van der Waals surface area contributed by atoms with Crippen LogP contribution in [0.3, 0.4) is 0 Å². The van der Waals surface area contributed by atoms with Gasteiger partial charge in [0.25, 0.3) is 5.69 Å². The molecule has 2 amide bonds. The molecule has 2 saturated heterocycles. The van der Waals surface area contributed by atoms with E-state index in [1.807, 2.05) is 42.5 Å². The number of aryl methyl sites for hydroxylation is 1. The number of nitrogens with one attached hydrogen (secondary N) is 1. The van der Waals surface area contributed by atoms with Gasteiger partial charge in [-0.25, -0.2) is 4.79 Å². The molecule has 3 aromatic rings. The zero-order valence-corrected chi connectivity index (χ0v) is 22.0. The lowest BCUT2D eigenvalue weighted by Gasteiger charge is -2.47. The zero-order chi connectivity index (χ0) is 27.0. The molecule has 0 aromatic heterocycles. The van der Waals surface area contributed by atoms with Gasteiger partial charge in [0.1, 0.15) is 6.10 Å². The number of hydrogen-bond donors (Lipinski definition) is 1. The first kappa shape index (κ1) is 26.8. The number of nitro benzene ring substituents is 1. The molecule has 8 nitrogen and oxygen atoms in total. The van der Waals surface area contributed by atoms with Gasteiger partial charge in [-0.05, 0) is 55.2 Å². The summed E-state index contributed by atoms with van der Waals surface area (Å²) in [6.07, 6.45) is 4.36. The molecule has 5 rings (SSSR count). The second-order valence-electron chi connectivity index (χ2n) is 10.3. The Morgan fingerprint density at radius 3 is 2.36 bits per heavy atom. The minimum atomic E-state index is -0.410. The number of nitro groups is 1. The van der Waals surface area contributed by atoms with Crippen molar-refractivity contribution in [2.24, 2.45) is 0 Å². The van der Waals surface area contributed by atoms with E-state index in [0.717, 1.165) is 37.7 Å². The summed E-state index contributed by atoms with van der Waals surface area (Å²) in [4.78, 5) is 26.4. The van der Waals surface area contributed by atoms with E-state index in [4.69, 9.17) is 9.47 Å². The summed E-state index contributed by atoms with van der Waals surface area (Å²) in [5, 5.41) is 14.6. The van der Waals surface area contributed by atoms with Gasteiger partial charge < -0.3 is 19.7 Å². The number of nitrogens with zero attached hydrogens (tertiary/aromatic N) is 2. The van der Waals surface area contributed by atoms with Gasteiger partial charge in [-0.3, -0.25) is 10.1 Å². The molecule has 3 aromatic carbocycles. The molecule has 2 aliphatic rings.